The van der Waals surface area contributed by atoms with E-state index in [2.05, 4.69) is 26.0 Å². The van der Waals surface area contributed by atoms with Crippen LogP contribution in [0, 0.1) is 0 Å². The molecule has 1 unspecified atom stereocenters. The molecule has 0 aliphatic rings. The number of guanidine groups is 1. The van der Waals surface area contributed by atoms with Crippen molar-refractivity contribution < 1.29 is 9.63 Å². The van der Waals surface area contributed by atoms with Gasteiger partial charge in [0.1, 0.15) is 6.04 Å². The van der Waals surface area contributed by atoms with E-state index >= 15 is 0 Å². The quantitative estimate of drug-likeness (QED) is 0.191. The lowest BCUT2D eigenvalue weighted by molar-refractivity contribution is -0.129. The van der Waals surface area contributed by atoms with Crippen molar-refractivity contribution in [1.29, 1.82) is 0 Å². The van der Waals surface area contributed by atoms with Gasteiger partial charge in [0.15, 0.2) is 17.5 Å². The van der Waals surface area contributed by atoms with E-state index in [1.807, 2.05) is 54.6 Å². The highest BCUT2D eigenvalue weighted by Crippen LogP contribution is 2.23. The number of carbonyl (C=O) groups is 1. The molecule has 4 aromatic rings. The molecule has 1 atom stereocenters. The summed E-state index contributed by atoms with van der Waals surface area (Å²) in [7, 11) is 0. The Morgan fingerprint density at radius 2 is 1.53 bits per heavy atom. The fourth-order valence-electron chi connectivity index (χ4n) is 3.08. The summed E-state index contributed by atoms with van der Waals surface area (Å²) in [5.41, 5.74) is 17.3. The molecule has 0 aliphatic heterocycles. The average Bonchev–Trinajstić information content (AvgIpc) is 2.89. The van der Waals surface area contributed by atoms with Gasteiger partial charge in [0.05, 0.1) is 11.4 Å². The molecule has 0 fully saturated rings. The van der Waals surface area contributed by atoms with Gasteiger partial charge in [-0.15, -0.1) is 10.2 Å². The molecule has 0 aliphatic carbocycles. The van der Waals surface area contributed by atoms with Crippen molar-refractivity contribution in [3.63, 3.8) is 0 Å². The van der Waals surface area contributed by atoms with Gasteiger partial charge in [-0.3, -0.25) is 4.79 Å². The maximum Gasteiger partial charge on any atom is 0.274 e. The third-order valence-electron chi connectivity index (χ3n) is 4.81. The van der Waals surface area contributed by atoms with Crippen LogP contribution in [0.4, 0.5) is 11.5 Å². The molecular weight excluding hydrogens is 430 g/mol. The number of nitrogens with two attached hydrogens (primary N) is 2. The highest BCUT2D eigenvalue weighted by molar-refractivity contribution is 5.95. The topological polar surface area (TPSA) is 141 Å². The van der Waals surface area contributed by atoms with Crippen LogP contribution in [0.1, 0.15) is 11.6 Å². The molecule has 0 bridgehead atoms. The minimum absolute atomic E-state index is 0.0742. The van der Waals surface area contributed by atoms with Crippen molar-refractivity contribution >= 4 is 23.4 Å². The number of aromatic nitrogens is 2. The van der Waals surface area contributed by atoms with Crippen LogP contribution in [0.2, 0.25) is 0 Å². The molecule has 34 heavy (non-hydrogen) atoms. The monoisotopic (exact) mass is 453 g/mol. The Kier molecular flexibility index (Phi) is 7.06. The van der Waals surface area contributed by atoms with E-state index in [0.717, 1.165) is 11.3 Å². The summed E-state index contributed by atoms with van der Waals surface area (Å²) in [6.45, 7) is 0. The molecule has 0 saturated carbocycles. The summed E-state index contributed by atoms with van der Waals surface area (Å²) < 4.78 is 0. The first-order valence-electron chi connectivity index (χ1n) is 10.5. The molecule has 0 spiro atoms. The molecule has 1 amide bonds. The lowest BCUT2D eigenvalue weighted by atomic mass is 10.1. The summed E-state index contributed by atoms with van der Waals surface area (Å²) in [6.07, 6.45) is 0. The number of nitrogens with one attached hydrogen (secondary N) is 2. The van der Waals surface area contributed by atoms with Gasteiger partial charge in [-0.1, -0.05) is 72.8 Å². The Labute approximate surface area is 196 Å². The summed E-state index contributed by atoms with van der Waals surface area (Å²) >= 11 is 0. The number of hydrogen-bond acceptors (Lipinski definition) is 6. The maximum absolute atomic E-state index is 12.4. The van der Waals surface area contributed by atoms with Gasteiger partial charge in [-0.05, 0) is 29.8 Å². The number of nitrogens with zero attached hydrogens (tertiary/aromatic N) is 3. The Morgan fingerprint density at radius 3 is 2.24 bits per heavy atom. The van der Waals surface area contributed by atoms with Crippen molar-refractivity contribution in [3.05, 3.63) is 103 Å². The number of carbonyl (C=O) groups excluding carboxylic acids is 1. The zero-order valence-corrected chi connectivity index (χ0v) is 18.1. The third kappa shape index (κ3) is 5.72. The van der Waals surface area contributed by atoms with E-state index in [0.29, 0.717) is 22.8 Å². The fraction of sp³-hybridized carbons (Fsp3) is 0.0400. The van der Waals surface area contributed by atoms with Crippen LogP contribution < -0.4 is 27.1 Å². The van der Waals surface area contributed by atoms with Crippen LogP contribution in [0.3, 0.4) is 0 Å². The minimum Gasteiger partial charge on any atom is -0.377 e. The van der Waals surface area contributed by atoms with Crippen molar-refractivity contribution in [2.24, 2.45) is 16.5 Å². The van der Waals surface area contributed by atoms with Gasteiger partial charge in [-0.25, -0.2) is 0 Å². The Bertz CT molecular complexity index is 1260. The molecule has 4 rings (SSSR count). The summed E-state index contributed by atoms with van der Waals surface area (Å²) in [5, 5.41) is 11.2. The normalized spacial score (nSPS) is 12.0. The number of hydrogen-bond donors (Lipinski definition) is 4. The fourth-order valence-corrected chi connectivity index (χ4v) is 3.08. The van der Waals surface area contributed by atoms with Crippen molar-refractivity contribution in [1.82, 2.24) is 15.7 Å². The van der Waals surface area contributed by atoms with Crippen molar-refractivity contribution in [2.75, 3.05) is 5.32 Å². The van der Waals surface area contributed by atoms with Crippen LogP contribution in [0.25, 0.3) is 11.3 Å². The number of anilines is 1. The molecule has 6 N–H and O–H groups in total. The number of aliphatic imine (C=N–C) groups is 1. The van der Waals surface area contributed by atoms with E-state index in [4.69, 9.17) is 16.3 Å². The second-order valence-corrected chi connectivity index (χ2v) is 7.22. The zero-order chi connectivity index (χ0) is 23.8. The lowest BCUT2D eigenvalue weighted by Gasteiger charge is -2.15. The van der Waals surface area contributed by atoms with Crippen molar-refractivity contribution in [2.45, 2.75) is 6.04 Å². The molecular formula is C25H23N7O2. The molecule has 9 nitrogen and oxygen atoms in total. The number of amides is 1. The van der Waals surface area contributed by atoms with Crippen LogP contribution >= 0.6 is 0 Å². The summed E-state index contributed by atoms with van der Waals surface area (Å²) in [6, 6.07) is 28.3. The highest BCUT2D eigenvalue weighted by atomic mass is 16.7. The SMILES string of the molecule is NC(=Nc1ccc(-c2ccccc2)nn1)Nc1ccccc1ONC(=O)C(N)c1ccccc1. The van der Waals surface area contributed by atoms with Gasteiger partial charge in [0.2, 0.25) is 0 Å². The predicted octanol–water partition coefficient (Wildman–Crippen LogP) is 3.31. The Morgan fingerprint density at radius 1 is 0.853 bits per heavy atom. The molecule has 1 heterocycles. The van der Waals surface area contributed by atoms with E-state index in [-0.39, 0.29) is 5.96 Å². The smallest absolute Gasteiger partial charge is 0.274 e. The molecule has 0 saturated heterocycles. The molecule has 1 aromatic heterocycles. The standard InChI is InChI=1S/C25H23N7O2/c26-23(18-11-5-2-6-12-18)24(33)32-34-21-14-8-7-13-20(21)28-25(27)29-22-16-15-19(30-31-22)17-9-3-1-4-10-17/h1-16,23H,26H2,(H,32,33)(H3,27,28,29,31). The van der Waals surface area contributed by atoms with Crippen molar-refractivity contribution in [3.8, 4) is 17.0 Å². The average molecular weight is 454 g/mol. The first-order chi connectivity index (χ1) is 16.6. The number of para-hydroxylation sites is 2. The molecule has 9 heteroatoms. The predicted molar refractivity (Wildman–Crippen MR) is 131 cm³/mol. The van der Waals surface area contributed by atoms with Gasteiger partial charge in [0, 0.05) is 5.56 Å². The first kappa shape index (κ1) is 22.4. The van der Waals surface area contributed by atoms with E-state index in [9.17, 15) is 4.79 Å². The largest absolute Gasteiger partial charge is 0.377 e. The molecule has 3 aromatic carbocycles. The summed E-state index contributed by atoms with van der Waals surface area (Å²) in [4.78, 5) is 22.1. The molecule has 0 radical (unpaired) electrons. The Balaban J connectivity index is 1.40. The van der Waals surface area contributed by atoms with E-state index < -0.39 is 11.9 Å². The zero-order valence-electron chi connectivity index (χ0n) is 18.1. The van der Waals surface area contributed by atoms with Gasteiger partial charge < -0.3 is 21.6 Å². The van der Waals surface area contributed by atoms with Crippen LogP contribution in [-0.4, -0.2) is 22.1 Å². The van der Waals surface area contributed by atoms with E-state index in [1.165, 1.54) is 0 Å². The summed E-state index contributed by atoms with van der Waals surface area (Å²) in [5.74, 6) is 0.256. The lowest BCUT2D eigenvalue weighted by Crippen LogP contribution is -2.36. The van der Waals surface area contributed by atoms with Crippen LogP contribution in [0.5, 0.6) is 5.75 Å². The number of hydroxylamine groups is 1. The second-order valence-electron chi connectivity index (χ2n) is 7.22. The van der Waals surface area contributed by atoms with Gasteiger partial charge >= 0.3 is 0 Å². The number of rotatable bonds is 7. The molecule has 170 valence electrons. The maximum atomic E-state index is 12.4. The van der Waals surface area contributed by atoms with Crippen LogP contribution in [-0.2, 0) is 4.79 Å². The first-order valence-corrected chi connectivity index (χ1v) is 10.5. The van der Waals surface area contributed by atoms with Gasteiger partial charge in [0.25, 0.3) is 5.91 Å². The van der Waals surface area contributed by atoms with Gasteiger partial charge in [-0.2, -0.15) is 10.5 Å². The Hall–Kier alpha value is -4.76. The van der Waals surface area contributed by atoms with Crippen LogP contribution in [0.15, 0.2) is 102 Å². The minimum atomic E-state index is -0.870. The second kappa shape index (κ2) is 10.7. The number of benzene rings is 3. The highest BCUT2D eigenvalue weighted by Gasteiger charge is 2.16. The van der Waals surface area contributed by atoms with E-state index in [1.54, 1.807) is 42.5 Å². The third-order valence-corrected chi connectivity index (χ3v) is 4.81.